The first-order valence-corrected chi connectivity index (χ1v) is 7.85. The molecule has 0 aliphatic heterocycles. The Bertz CT molecular complexity index is 456. The van der Waals surface area contributed by atoms with E-state index >= 15 is 0 Å². The van der Waals surface area contributed by atoms with Gasteiger partial charge in [-0.2, -0.15) is 0 Å². The van der Waals surface area contributed by atoms with Gasteiger partial charge in [0.25, 0.3) is 0 Å². The van der Waals surface area contributed by atoms with E-state index in [1.807, 2.05) is 0 Å². The summed E-state index contributed by atoms with van der Waals surface area (Å²) < 4.78 is 5.56. The van der Waals surface area contributed by atoms with Crippen molar-refractivity contribution >= 4 is 11.9 Å². The van der Waals surface area contributed by atoms with Gasteiger partial charge < -0.3 is 9.84 Å². The third-order valence-electron chi connectivity index (χ3n) is 5.74. The molecular formula is C17H26O4. The highest BCUT2D eigenvalue weighted by atomic mass is 16.5. The zero-order chi connectivity index (χ0) is 15.8. The van der Waals surface area contributed by atoms with Gasteiger partial charge in [0.15, 0.2) is 0 Å². The van der Waals surface area contributed by atoms with Crippen molar-refractivity contribution < 1.29 is 19.4 Å². The van der Waals surface area contributed by atoms with Crippen LogP contribution in [0, 0.1) is 23.2 Å². The maximum Gasteiger partial charge on any atom is 0.331 e. The van der Waals surface area contributed by atoms with E-state index in [4.69, 9.17) is 4.74 Å². The molecule has 2 fully saturated rings. The SMILES string of the molecule is C=C(C(=O)O)[C@@H]1CC[C@H](C)[C@@H]2CC[C@H](OC(C)=O)[C@@]2(C)C1. The molecular weight excluding hydrogens is 268 g/mol. The lowest BCUT2D eigenvalue weighted by molar-refractivity contribution is -0.153. The van der Waals surface area contributed by atoms with Gasteiger partial charge in [0.05, 0.1) is 0 Å². The average Bonchev–Trinajstić information content (AvgIpc) is 2.62. The van der Waals surface area contributed by atoms with Crippen LogP contribution in [0.4, 0.5) is 0 Å². The number of carboxylic acid groups (broad SMARTS) is 1. The van der Waals surface area contributed by atoms with Gasteiger partial charge in [-0.15, -0.1) is 0 Å². The topological polar surface area (TPSA) is 63.6 Å². The number of carbonyl (C=O) groups is 2. The summed E-state index contributed by atoms with van der Waals surface area (Å²) in [6, 6.07) is 0. The van der Waals surface area contributed by atoms with Crippen molar-refractivity contribution in [2.24, 2.45) is 23.2 Å². The largest absolute Gasteiger partial charge is 0.478 e. The molecule has 118 valence electrons. The van der Waals surface area contributed by atoms with Gasteiger partial charge in [-0.3, -0.25) is 4.79 Å². The molecule has 0 aromatic heterocycles. The number of aliphatic carboxylic acids is 1. The second-order valence-corrected chi connectivity index (χ2v) is 7.07. The van der Waals surface area contributed by atoms with E-state index in [1.165, 1.54) is 6.92 Å². The lowest BCUT2D eigenvalue weighted by Gasteiger charge is -2.38. The van der Waals surface area contributed by atoms with Crippen LogP contribution in [-0.4, -0.2) is 23.1 Å². The van der Waals surface area contributed by atoms with Crippen LogP contribution in [0.25, 0.3) is 0 Å². The van der Waals surface area contributed by atoms with Crippen LogP contribution in [0.15, 0.2) is 12.2 Å². The van der Waals surface area contributed by atoms with Gasteiger partial charge in [0.1, 0.15) is 6.10 Å². The molecule has 2 aliphatic carbocycles. The highest BCUT2D eigenvalue weighted by Gasteiger charge is 2.52. The van der Waals surface area contributed by atoms with Gasteiger partial charge in [0.2, 0.25) is 0 Å². The fourth-order valence-electron chi connectivity index (χ4n) is 4.61. The molecule has 0 spiro atoms. The molecule has 1 N–H and O–H groups in total. The second-order valence-electron chi connectivity index (χ2n) is 7.07. The van der Waals surface area contributed by atoms with Crippen LogP contribution in [0.3, 0.4) is 0 Å². The maximum absolute atomic E-state index is 11.4. The van der Waals surface area contributed by atoms with Crippen molar-refractivity contribution in [3.8, 4) is 0 Å². The molecule has 0 saturated heterocycles. The third kappa shape index (κ3) is 2.99. The molecule has 2 aliphatic rings. The Hall–Kier alpha value is -1.32. The molecule has 0 unspecified atom stereocenters. The summed E-state index contributed by atoms with van der Waals surface area (Å²) in [5.41, 5.74) is 0.169. The minimum Gasteiger partial charge on any atom is -0.478 e. The van der Waals surface area contributed by atoms with Crippen molar-refractivity contribution in [2.45, 2.75) is 59.0 Å². The monoisotopic (exact) mass is 294 g/mol. The first kappa shape index (κ1) is 16.1. The predicted octanol–water partition coefficient (Wildman–Crippen LogP) is 3.41. The molecule has 0 aromatic carbocycles. The molecule has 4 heteroatoms. The first-order chi connectivity index (χ1) is 9.75. The van der Waals surface area contributed by atoms with Crippen LogP contribution in [-0.2, 0) is 14.3 Å². The van der Waals surface area contributed by atoms with Crippen molar-refractivity contribution in [1.29, 1.82) is 0 Å². The highest BCUT2D eigenvalue weighted by Crippen LogP contribution is 2.56. The second kappa shape index (κ2) is 5.82. The Kier molecular flexibility index (Phi) is 4.45. The van der Waals surface area contributed by atoms with Gasteiger partial charge >= 0.3 is 11.9 Å². The smallest absolute Gasteiger partial charge is 0.331 e. The van der Waals surface area contributed by atoms with Crippen molar-refractivity contribution in [3.05, 3.63) is 12.2 Å². The fraction of sp³-hybridized carbons (Fsp3) is 0.765. The Balaban J connectivity index is 2.27. The number of rotatable bonds is 3. The number of esters is 1. The van der Waals surface area contributed by atoms with Crippen LogP contribution in [0.2, 0.25) is 0 Å². The van der Waals surface area contributed by atoms with E-state index in [0.717, 1.165) is 32.1 Å². The van der Waals surface area contributed by atoms with E-state index in [1.54, 1.807) is 0 Å². The van der Waals surface area contributed by atoms with Gasteiger partial charge in [0, 0.05) is 17.9 Å². The predicted molar refractivity (Wildman–Crippen MR) is 79.7 cm³/mol. The summed E-state index contributed by atoms with van der Waals surface area (Å²) in [4.78, 5) is 22.6. The summed E-state index contributed by atoms with van der Waals surface area (Å²) in [6.07, 6.45) is 4.49. The summed E-state index contributed by atoms with van der Waals surface area (Å²) in [6.45, 7) is 9.63. The Morgan fingerprint density at radius 3 is 2.48 bits per heavy atom. The molecule has 4 nitrogen and oxygen atoms in total. The molecule has 0 heterocycles. The van der Waals surface area contributed by atoms with Crippen molar-refractivity contribution in [3.63, 3.8) is 0 Å². The number of hydrogen-bond donors (Lipinski definition) is 1. The maximum atomic E-state index is 11.4. The molecule has 0 radical (unpaired) electrons. The van der Waals surface area contributed by atoms with Gasteiger partial charge in [-0.1, -0.05) is 20.4 Å². The van der Waals surface area contributed by atoms with Crippen LogP contribution < -0.4 is 0 Å². The molecule has 0 bridgehead atoms. The van der Waals surface area contributed by atoms with Crippen LogP contribution >= 0.6 is 0 Å². The summed E-state index contributed by atoms with van der Waals surface area (Å²) in [5, 5.41) is 9.24. The summed E-state index contributed by atoms with van der Waals surface area (Å²) >= 11 is 0. The van der Waals surface area contributed by atoms with E-state index in [9.17, 15) is 14.7 Å². The van der Waals surface area contributed by atoms with E-state index < -0.39 is 5.97 Å². The zero-order valence-electron chi connectivity index (χ0n) is 13.2. The lowest BCUT2D eigenvalue weighted by atomic mass is 9.69. The lowest BCUT2D eigenvalue weighted by Crippen LogP contribution is -2.38. The van der Waals surface area contributed by atoms with Gasteiger partial charge in [-0.25, -0.2) is 4.79 Å². The molecule has 0 aromatic rings. The molecule has 5 atom stereocenters. The molecule has 2 rings (SSSR count). The normalized spacial score (nSPS) is 39.2. The van der Waals surface area contributed by atoms with E-state index in [0.29, 0.717) is 17.4 Å². The minimum absolute atomic E-state index is 0.0175. The first-order valence-electron chi connectivity index (χ1n) is 7.85. The van der Waals surface area contributed by atoms with E-state index in [-0.39, 0.29) is 23.4 Å². The Morgan fingerprint density at radius 1 is 1.24 bits per heavy atom. The number of hydrogen-bond acceptors (Lipinski definition) is 3. The molecule has 2 saturated carbocycles. The standard InChI is InChI=1S/C17H26O4/c1-10-5-6-13(11(2)16(19)20)9-17(4)14(10)7-8-15(17)21-12(3)18/h10,13-15H,2,5-9H2,1,3-4H3,(H,19,20)/t10-,13+,14-,15-,17-/m0/s1. The zero-order valence-corrected chi connectivity index (χ0v) is 13.2. The summed E-state index contributed by atoms with van der Waals surface area (Å²) in [7, 11) is 0. The highest BCUT2D eigenvalue weighted by molar-refractivity contribution is 5.86. The van der Waals surface area contributed by atoms with Gasteiger partial charge in [-0.05, 0) is 49.9 Å². The number of fused-ring (bicyclic) bond motifs is 1. The third-order valence-corrected chi connectivity index (χ3v) is 5.74. The minimum atomic E-state index is -0.906. The average molecular weight is 294 g/mol. The number of carboxylic acids is 1. The fourth-order valence-corrected chi connectivity index (χ4v) is 4.61. The number of ether oxygens (including phenoxy) is 1. The quantitative estimate of drug-likeness (QED) is 0.640. The van der Waals surface area contributed by atoms with Crippen LogP contribution in [0.5, 0.6) is 0 Å². The van der Waals surface area contributed by atoms with Crippen molar-refractivity contribution in [1.82, 2.24) is 0 Å². The summed E-state index contributed by atoms with van der Waals surface area (Å²) in [5.74, 6) is -0.143. The molecule has 0 amide bonds. The Labute approximate surface area is 126 Å². The number of carbonyl (C=O) groups excluding carboxylic acids is 1. The van der Waals surface area contributed by atoms with E-state index in [2.05, 4.69) is 20.4 Å². The molecule has 21 heavy (non-hydrogen) atoms. The van der Waals surface area contributed by atoms with Crippen molar-refractivity contribution in [2.75, 3.05) is 0 Å². The van der Waals surface area contributed by atoms with Crippen LogP contribution in [0.1, 0.15) is 52.9 Å². The Morgan fingerprint density at radius 2 is 1.90 bits per heavy atom.